The van der Waals surface area contributed by atoms with Gasteiger partial charge in [-0.05, 0) is 39.3 Å². The maximum absolute atomic E-state index is 12.0. The second kappa shape index (κ2) is 6.01. The second-order valence-corrected chi connectivity index (χ2v) is 5.27. The van der Waals surface area contributed by atoms with Gasteiger partial charge in [-0.1, -0.05) is 31.4 Å². The van der Waals surface area contributed by atoms with Crippen LogP contribution in [0.25, 0.3) is 0 Å². The third-order valence-electron chi connectivity index (χ3n) is 3.70. The summed E-state index contributed by atoms with van der Waals surface area (Å²) in [6.45, 7) is 11.8. The van der Waals surface area contributed by atoms with Gasteiger partial charge in [0.05, 0.1) is 0 Å². The second-order valence-electron chi connectivity index (χ2n) is 5.27. The molecule has 3 nitrogen and oxygen atoms in total. The first-order valence-corrected chi connectivity index (χ1v) is 6.26. The van der Waals surface area contributed by atoms with Gasteiger partial charge in [0.25, 0.3) is 0 Å². The number of hydrogen-bond donors (Lipinski definition) is 0. The van der Waals surface area contributed by atoms with Gasteiger partial charge in [0.15, 0.2) is 0 Å². The van der Waals surface area contributed by atoms with E-state index >= 15 is 0 Å². The molecule has 0 spiro atoms. The van der Waals surface area contributed by atoms with Crippen molar-refractivity contribution in [1.82, 2.24) is 4.90 Å². The van der Waals surface area contributed by atoms with Crippen LogP contribution in [-0.2, 0) is 9.53 Å². The quantitative estimate of drug-likeness (QED) is 0.554. The molecule has 0 aromatic carbocycles. The van der Waals surface area contributed by atoms with Crippen LogP contribution in [0.4, 0.5) is 0 Å². The van der Waals surface area contributed by atoms with E-state index in [2.05, 4.69) is 31.9 Å². The molecule has 0 radical (unpaired) electrons. The Bertz CT molecular complexity index is 369. The summed E-state index contributed by atoms with van der Waals surface area (Å²) in [7, 11) is 1.98. The van der Waals surface area contributed by atoms with Crippen molar-refractivity contribution >= 4 is 5.97 Å². The summed E-state index contributed by atoms with van der Waals surface area (Å²) in [5.74, 6) is -0.153. The first kappa shape index (κ1) is 14.7. The molecule has 3 heteroatoms. The summed E-state index contributed by atoms with van der Waals surface area (Å²) in [4.78, 5) is 14.1. The van der Waals surface area contributed by atoms with Crippen molar-refractivity contribution in [2.24, 2.45) is 0 Å². The first-order valence-electron chi connectivity index (χ1n) is 6.26. The van der Waals surface area contributed by atoms with Crippen LogP contribution < -0.4 is 0 Å². The fraction of sp³-hybridized carbons (Fsp3) is 0.533. The molecule has 0 amide bonds. The van der Waals surface area contributed by atoms with Crippen LogP contribution in [0.3, 0.4) is 0 Å². The first-order chi connectivity index (χ1) is 8.42. The van der Waals surface area contributed by atoms with E-state index in [-0.39, 0.29) is 24.2 Å². The molecule has 0 N–H and O–H groups in total. The lowest BCUT2D eigenvalue weighted by molar-refractivity contribution is -0.148. The molecule has 0 aromatic heterocycles. The van der Waals surface area contributed by atoms with Crippen LogP contribution in [-0.4, -0.2) is 36.1 Å². The van der Waals surface area contributed by atoms with E-state index in [0.717, 1.165) is 18.4 Å². The zero-order chi connectivity index (χ0) is 13.8. The summed E-state index contributed by atoms with van der Waals surface area (Å²) in [5.41, 5.74) is 0.931. The normalized spacial score (nSPS) is 23.7. The highest BCUT2D eigenvalue weighted by Gasteiger charge is 2.41. The smallest absolute Gasteiger partial charge is 0.323 e. The highest BCUT2D eigenvalue weighted by Crippen LogP contribution is 2.32. The summed E-state index contributed by atoms with van der Waals surface area (Å²) >= 11 is 0. The molecule has 18 heavy (non-hydrogen) atoms. The third kappa shape index (κ3) is 3.33. The van der Waals surface area contributed by atoms with Gasteiger partial charge in [-0.3, -0.25) is 9.69 Å². The number of likely N-dealkylation sites (N-methyl/N-ethyl adjacent to an activating group) is 1. The molecule has 100 valence electrons. The lowest BCUT2D eigenvalue weighted by Crippen LogP contribution is -2.43. The van der Waals surface area contributed by atoms with Crippen molar-refractivity contribution in [2.45, 2.75) is 38.3 Å². The SMILES string of the molecule is C=C/C=C(\C=C)COC(=O)C1CCC(C)(C)N1C. The van der Waals surface area contributed by atoms with E-state index in [1.54, 1.807) is 18.2 Å². The fourth-order valence-electron chi connectivity index (χ4n) is 2.13. The van der Waals surface area contributed by atoms with Crippen molar-refractivity contribution in [3.63, 3.8) is 0 Å². The number of allylic oxidation sites excluding steroid dienone is 2. The lowest BCUT2D eigenvalue weighted by atomic mass is 10.0. The largest absolute Gasteiger partial charge is 0.460 e. The Morgan fingerprint density at radius 1 is 1.50 bits per heavy atom. The Hall–Kier alpha value is -1.35. The van der Waals surface area contributed by atoms with Crippen LogP contribution in [0.2, 0.25) is 0 Å². The summed E-state index contributed by atoms with van der Waals surface area (Å²) < 4.78 is 5.33. The van der Waals surface area contributed by atoms with Crippen molar-refractivity contribution in [3.8, 4) is 0 Å². The van der Waals surface area contributed by atoms with Gasteiger partial charge < -0.3 is 4.74 Å². The van der Waals surface area contributed by atoms with Crippen LogP contribution in [0, 0.1) is 0 Å². The molecular weight excluding hydrogens is 226 g/mol. The number of rotatable bonds is 5. The molecule has 1 rings (SSSR count). The molecular formula is C15H23NO2. The summed E-state index contributed by atoms with van der Waals surface area (Å²) in [5, 5.41) is 0. The molecule has 1 heterocycles. The molecule has 1 saturated heterocycles. The topological polar surface area (TPSA) is 29.5 Å². The molecule has 1 unspecified atom stereocenters. The predicted molar refractivity (Wildman–Crippen MR) is 74.3 cm³/mol. The summed E-state index contributed by atoms with van der Waals surface area (Å²) in [6, 6.07) is -0.130. The van der Waals surface area contributed by atoms with E-state index in [1.807, 2.05) is 7.05 Å². The van der Waals surface area contributed by atoms with Gasteiger partial charge in [-0.25, -0.2) is 0 Å². The Morgan fingerprint density at radius 3 is 2.61 bits per heavy atom. The van der Waals surface area contributed by atoms with Gasteiger partial charge in [-0.15, -0.1) is 0 Å². The van der Waals surface area contributed by atoms with Gasteiger partial charge in [0.2, 0.25) is 0 Å². The van der Waals surface area contributed by atoms with Crippen molar-refractivity contribution in [2.75, 3.05) is 13.7 Å². The van der Waals surface area contributed by atoms with E-state index in [4.69, 9.17) is 4.74 Å². The molecule has 1 atom stereocenters. The number of hydrogen-bond acceptors (Lipinski definition) is 3. The molecule has 1 fully saturated rings. The third-order valence-corrected chi connectivity index (χ3v) is 3.70. The van der Waals surface area contributed by atoms with Gasteiger partial charge in [0.1, 0.15) is 12.6 Å². The minimum atomic E-state index is -0.153. The average molecular weight is 249 g/mol. The number of nitrogens with zero attached hydrogens (tertiary/aromatic N) is 1. The fourth-order valence-corrected chi connectivity index (χ4v) is 2.13. The van der Waals surface area contributed by atoms with E-state index in [0.29, 0.717) is 0 Å². The van der Waals surface area contributed by atoms with E-state index in [9.17, 15) is 4.79 Å². The standard InChI is InChI=1S/C15H23NO2/c1-6-8-12(7-2)11-18-14(17)13-9-10-15(3,4)16(13)5/h6-8,13H,1-2,9-11H2,3-5H3/b12-8+. The molecule has 0 bridgehead atoms. The Morgan fingerprint density at radius 2 is 2.17 bits per heavy atom. The highest BCUT2D eigenvalue weighted by molar-refractivity contribution is 5.76. The maximum atomic E-state index is 12.0. The lowest BCUT2D eigenvalue weighted by Gasteiger charge is -2.30. The summed E-state index contributed by atoms with van der Waals surface area (Å²) in [6.07, 6.45) is 7.01. The molecule has 0 aromatic rings. The van der Waals surface area contributed by atoms with E-state index in [1.165, 1.54) is 0 Å². The van der Waals surface area contributed by atoms with Crippen molar-refractivity contribution in [3.05, 3.63) is 37.0 Å². The Labute approximate surface area is 110 Å². The zero-order valence-corrected chi connectivity index (χ0v) is 11.6. The minimum Gasteiger partial charge on any atom is -0.460 e. The number of ether oxygens (including phenoxy) is 1. The zero-order valence-electron chi connectivity index (χ0n) is 11.6. The highest BCUT2D eigenvalue weighted by atomic mass is 16.5. The van der Waals surface area contributed by atoms with Crippen LogP contribution >= 0.6 is 0 Å². The van der Waals surface area contributed by atoms with Crippen LogP contribution in [0.1, 0.15) is 26.7 Å². The number of likely N-dealkylation sites (tertiary alicyclic amines) is 1. The number of esters is 1. The molecule has 1 aliphatic heterocycles. The maximum Gasteiger partial charge on any atom is 0.323 e. The van der Waals surface area contributed by atoms with Gasteiger partial charge >= 0.3 is 5.97 Å². The average Bonchev–Trinajstić information content (AvgIpc) is 2.60. The molecule has 0 aliphatic carbocycles. The van der Waals surface area contributed by atoms with Crippen molar-refractivity contribution in [1.29, 1.82) is 0 Å². The molecule has 0 saturated carbocycles. The van der Waals surface area contributed by atoms with Crippen LogP contribution in [0.15, 0.2) is 37.0 Å². The van der Waals surface area contributed by atoms with Crippen LogP contribution in [0.5, 0.6) is 0 Å². The van der Waals surface area contributed by atoms with Crippen molar-refractivity contribution < 1.29 is 9.53 Å². The Balaban J connectivity index is 2.55. The number of carbonyl (C=O) groups excluding carboxylic acids is 1. The van der Waals surface area contributed by atoms with Gasteiger partial charge in [0, 0.05) is 5.54 Å². The number of carbonyl (C=O) groups is 1. The Kier molecular flexibility index (Phi) is 4.91. The monoisotopic (exact) mass is 249 g/mol. The van der Waals surface area contributed by atoms with E-state index < -0.39 is 0 Å². The minimum absolute atomic E-state index is 0.0713. The predicted octanol–water partition coefficient (Wildman–Crippen LogP) is 2.70. The van der Waals surface area contributed by atoms with Gasteiger partial charge in [-0.2, -0.15) is 0 Å². The molecule has 1 aliphatic rings.